The molecule has 0 bridgehead atoms. The van der Waals surface area contributed by atoms with Gasteiger partial charge in [-0.05, 0) is 13.8 Å². The zero-order chi connectivity index (χ0) is 11.0. The first kappa shape index (κ1) is 9.57. The minimum atomic E-state index is 0.306. The van der Waals surface area contributed by atoms with Crippen molar-refractivity contribution in [2.45, 2.75) is 20.8 Å². The second-order valence-electron chi connectivity index (χ2n) is 3.25. The van der Waals surface area contributed by atoms with Gasteiger partial charge in [-0.25, -0.2) is 9.97 Å². The van der Waals surface area contributed by atoms with Gasteiger partial charge in [-0.3, -0.25) is 0 Å². The van der Waals surface area contributed by atoms with Crippen molar-refractivity contribution in [3.8, 4) is 11.6 Å². The van der Waals surface area contributed by atoms with E-state index < -0.39 is 0 Å². The van der Waals surface area contributed by atoms with Gasteiger partial charge in [0.25, 0.3) is 5.89 Å². The first-order valence-electron chi connectivity index (χ1n) is 4.49. The molecule has 0 amide bonds. The Balaban J connectivity index is 2.58. The van der Waals surface area contributed by atoms with Crippen molar-refractivity contribution in [3.05, 3.63) is 17.3 Å². The van der Waals surface area contributed by atoms with E-state index in [4.69, 9.17) is 10.2 Å². The molecule has 6 heteroatoms. The highest BCUT2D eigenvalue weighted by molar-refractivity contribution is 5.62. The summed E-state index contributed by atoms with van der Waals surface area (Å²) < 4.78 is 5.24. The highest BCUT2D eigenvalue weighted by Gasteiger charge is 2.14. The SMILES string of the molecule is Cc1nnc(-c2nc(C)c(C)nc2N)o1. The molecule has 0 aromatic carbocycles. The third kappa shape index (κ3) is 1.65. The number of anilines is 1. The van der Waals surface area contributed by atoms with Gasteiger partial charge in [-0.1, -0.05) is 0 Å². The molecule has 0 radical (unpaired) electrons. The number of hydrogen-bond donors (Lipinski definition) is 1. The normalized spacial score (nSPS) is 10.6. The summed E-state index contributed by atoms with van der Waals surface area (Å²) in [6.07, 6.45) is 0. The molecule has 6 nitrogen and oxygen atoms in total. The Bertz CT molecular complexity index is 505. The minimum Gasteiger partial charge on any atom is -0.420 e. The molecule has 0 aliphatic carbocycles. The van der Waals surface area contributed by atoms with Crippen LogP contribution in [0.2, 0.25) is 0 Å². The van der Waals surface area contributed by atoms with Crippen molar-refractivity contribution in [1.29, 1.82) is 0 Å². The Hall–Kier alpha value is -1.98. The molecule has 2 N–H and O–H groups in total. The summed E-state index contributed by atoms with van der Waals surface area (Å²) in [4.78, 5) is 8.42. The second kappa shape index (κ2) is 3.30. The standard InChI is InChI=1S/C9H11N5O/c1-4-5(2)12-8(10)7(11-4)9-14-13-6(3)15-9/h1-3H3,(H2,10,12). The molecule has 0 spiro atoms. The lowest BCUT2D eigenvalue weighted by atomic mass is 10.3. The van der Waals surface area contributed by atoms with Gasteiger partial charge in [0.15, 0.2) is 11.5 Å². The molecular weight excluding hydrogens is 194 g/mol. The number of nitrogens with two attached hydrogens (primary N) is 1. The smallest absolute Gasteiger partial charge is 0.270 e. The van der Waals surface area contributed by atoms with E-state index in [0.29, 0.717) is 23.3 Å². The van der Waals surface area contributed by atoms with E-state index in [1.54, 1.807) is 6.92 Å². The lowest BCUT2D eigenvalue weighted by Crippen LogP contribution is -2.02. The van der Waals surface area contributed by atoms with Crippen LogP contribution in [-0.2, 0) is 0 Å². The summed E-state index contributed by atoms with van der Waals surface area (Å²) in [7, 11) is 0. The number of rotatable bonds is 1. The van der Waals surface area contributed by atoms with Crippen molar-refractivity contribution < 1.29 is 4.42 Å². The fourth-order valence-corrected chi connectivity index (χ4v) is 1.17. The first-order valence-corrected chi connectivity index (χ1v) is 4.49. The van der Waals surface area contributed by atoms with Gasteiger partial charge in [-0.15, -0.1) is 10.2 Å². The van der Waals surface area contributed by atoms with Crippen LogP contribution in [0.15, 0.2) is 4.42 Å². The average Bonchev–Trinajstić information content (AvgIpc) is 2.58. The van der Waals surface area contributed by atoms with Crippen molar-refractivity contribution in [2.24, 2.45) is 0 Å². The number of aromatic nitrogens is 4. The highest BCUT2D eigenvalue weighted by Crippen LogP contribution is 2.21. The lowest BCUT2D eigenvalue weighted by Gasteiger charge is -2.03. The van der Waals surface area contributed by atoms with Gasteiger partial charge in [0.05, 0.1) is 11.4 Å². The Labute approximate surface area is 86.6 Å². The number of hydrogen-bond acceptors (Lipinski definition) is 6. The van der Waals surface area contributed by atoms with Gasteiger partial charge in [0.2, 0.25) is 5.89 Å². The number of nitrogens with zero attached hydrogens (tertiary/aromatic N) is 4. The average molecular weight is 205 g/mol. The van der Waals surface area contributed by atoms with E-state index in [2.05, 4.69) is 20.2 Å². The predicted molar refractivity (Wildman–Crippen MR) is 53.9 cm³/mol. The maximum absolute atomic E-state index is 5.73. The van der Waals surface area contributed by atoms with Crippen molar-refractivity contribution in [3.63, 3.8) is 0 Å². The fraction of sp³-hybridized carbons (Fsp3) is 0.333. The molecular formula is C9H11N5O. The van der Waals surface area contributed by atoms with Crippen LogP contribution in [0.25, 0.3) is 11.6 Å². The van der Waals surface area contributed by atoms with Gasteiger partial charge >= 0.3 is 0 Å². The number of aryl methyl sites for hydroxylation is 3. The molecule has 0 aliphatic rings. The molecule has 0 fully saturated rings. The molecule has 0 saturated carbocycles. The summed E-state index contributed by atoms with van der Waals surface area (Å²) in [6, 6.07) is 0. The van der Waals surface area contributed by atoms with E-state index in [0.717, 1.165) is 11.4 Å². The number of nitrogen functional groups attached to an aromatic ring is 1. The van der Waals surface area contributed by atoms with E-state index in [1.807, 2.05) is 13.8 Å². The Morgan fingerprint density at radius 2 is 1.67 bits per heavy atom. The molecule has 2 aromatic heterocycles. The van der Waals surface area contributed by atoms with Crippen LogP contribution in [0.1, 0.15) is 17.3 Å². The monoisotopic (exact) mass is 205 g/mol. The van der Waals surface area contributed by atoms with Crippen molar-refractivity contribution in [2.75, 3.05) is 5.73 Å². The lowest BCUT2D eigenvalue weighted by molar-refractivity contribution is 0.530. The van der Waals surface area contributed by atoms with E-state index in [1.165, 1.54) is 0 Å². The molecule has 0 saturated heterocycles. The van der Waals surface area contributed by atoms with Crippen LogP contribution < -0.4 is 5.73 Å². The maximum Gasteiger partial charge on any atom is 0.270 e. The topological polar surface area (TPSA) is 90.7 Å². The fourth-order valence-electron chi connectivity index (χ4n) is 1.17. The van der Waals surface area contributed by atoms with E-state index in [-0.39, 0.29) is 0 Å². The third-order valence-electron chi connectivity index (χ3n) is 2.06. The van der Waals surface area contributed by atoms with Crippen LogP contribution >= 0.6 is 0 Å². The van der Waals surface area contributed by atoms with Crippen LogP contribution in [0.4, 0.5) is 5.82 Å². The highest BCUT2D eigenvalue weighted by atomic mass is 16.4. The summed E-state index contributed by atoms with van der Waals surface area (Å²) in [5.74, 6) is 1.09. The molecule has 0 aliphatic heterocycles. The van der Waals surface area contributed by atoms with Crippen LogP contribution in [0.5, 0.6) is 0 Å². The van der Waals surface area contributed by atoms with Gasteiger partial charge in [-0.2, -0.15) is 0 Å². The minimum absolute atomic E-state index is 0.306. The molecule has 2 aromatic rings. The first-order chi connectivity index (χ1) is 7.08. The van der Waals surface area contributed by atoms with Crippen LogP contribution in [-0.4, -0.2) is 20.2 Å². The Kier molecular flexibility index (Phi) is 2.11. The summed E-state index contributed by atoms with van der Waals surface area (Å²) in [5, 5.41) is 7.56. The molecule has 2 heterocycles. The van der Waals surface area contributed by atoms with Gasteiger partial charge in [0, 0.05) is 6.92 Å². The zero-order valence-electron chi connectivity index (χ0n) is 8.77. The predicted octanol–water partition coefficient (Wildman–Crippen LogP) is 1.03. The zero-order valence-corrected chi connectivity index (χ0v) is 8.77. The van der Waals surface area contributed by atoms with Gasteiger partial charge in [0.1, 0.15) is 0 Å². The van der Waals surface area contributed by atoms with Crippen molar-refractivity contribution >= 4 is 5.82 Å². The quantitative estimate of drug-likeness (QED) is 0.747. The van der Waals surface area contributed by atoms with E-state index in [9.17, 15) is 0 Å². The summed E-state index contributed by atoms with van der Waals surface area (Å²) >= 11 is 0. The van der Waals surface area contributed by atoms with Crippen molar-refractivity contribution in [1.82, 2.24) is 20.2 Å². The van der Waals surface area contributed by atoms with Crippen LogP contribution in [0, 0.1) is 20.8 Å². The largest absolute Gasteiger partial charge is 0.420 e. The molecule has 78 valence electrons. The summed E-state index contributed by atoms with van der Waals surface area (Å²) in [5.41, 5.74) is 7.77. The molecule has 0 unspecified atom stereocenters. The Morgan fingerprint density at radius 1 is 1.00 bits per heavy atom. The Morgan fingerprint density at radius 3 is 2.27 bits per heavy atom. The maximum atomic E-state index is 5.73. The van der Waals surface area contributed by atoms with Gasteiger partial charge < -0.3 is 10.2 Å². The van der Waals surface area contributed by atoms with E-state index >= 15 is 0 Å². The van der Waals surface area contributed by atoms with Crippen LogP contribution in [0.3, 0.4) is 0 Å². The molecule has 2 rings (SSSR count). The second-order valence-corrected chi connectivity index (χ2v) is 3.25. The summed E-state index contributed by atoms with van der Waals surface area (Å²) in [6.45, 7) is 5.41. The molecule has 0 atom stereocenters. The third-order valence-corrected chi connectivity index (χ3v) is 2.06. The molecule has 15 heavy (non-hydrogen) atoms.